The number of hydrogen-bond acceptors (Lipinski definition) is 8. The van der Waals surface area contributed by atoms with Crippen LogP contribution in [0.25, 0.3) is 11.1 Å². The van der Waals surface area contributed by atoms with Crippen LogP contribution in [0.4, 0.5) is 5.69 Å². The summed E-state index contributed by atoms with van der Waals surface area (Å²) in [6.07, 6.45) is 2.45. The predicted molar refractivity (Wildman–Crippen MR) is 160 cm³/mol. The second-order valence-corrected chi connectivity index (χ2v) is 10.8. The van der Waals surface area contributed by atoms with Gasteiger partial charge in [0, 0.05) is 34.5 Å². The average Bonchev–Trinajstić information content (AvgIpc) is 2.94. The molecule has 3 rings (SSSR count). The molecule has 1 unspecified atom stereocenters. The summed E-state index contributed by atoms with van der Waals surface area (Å²) < 4.78 is 7.05. The number of esters is 1. The van der Waals surface area contributed by atoms with Gasteiger partial charge in [-0.2, -0.15) is 24.4 Å². The van der Waals surface area contributed by atoms with Gasteiger partial charge in [0.2, 0.25) is 0 Å². The van der Waals surface area contributed by atoms with E-state index in [0.717, 1.165) is 27.5 Å². The van der Waals surface area contributed by atoms with Gasteiger partial charge in [-0.1, -0.05) is 48.5 Å². The molecule has 0 saturated carbocycles. The molecule has 0 heterocycles. The first kappa shape index (κ1) is 29.0. The smallest absolute Gasteiger partial charge is 0.328 e. The van der Waals surface area contributed by atoms with Gasteiger partial charge in [0.25, 0.3) is 5.91 Å². The first-order valence-electron chi connectivity index (χ1n) is 11.9. The molecule has 3 N–H and O–H groups in total. The highest BCUT2D eigenvalue weighted by atomic mass is 32.2. The van der Waals surface area contributed by atoms with Gasteiger partial charge in [-0.15, -0.1) is 0 Å². The van der Waals surface area contributed by atoms with Gasteiger partial charge in [0.1, 0.15) is 6.04 Å². The Morgan fingerprint density at radius 2 is 1.73 bits per heavy atom. The van der Waals surface area contributed by atoms with Crippen molar-refractivity contribution in [1.29, 1.82) is 0 Å². The molecule has 0 radical (unpaired) electrons. The van der Waals surface area contributed by atoms with E-state index in [9.17, 15) is 9.59 Å². The second kappa shape index (κ2) is 15.0. The number of thioether (sulfide) groups is 1. The molecule has 0 bridgehead atoms. The van der Waals surface area contributed by atoms with Gasteiger partial charge in [-0.3, -0.25) is 4.79 Å². The fourth-order valence-corrected chi connectivity index (χ4v) is 5.28. The minimum absolute atomic E-state index is 0.139. The monoisotopic (exact) mass is 555 g/mol. The van der Waals surface area contributed by atoms with Crippen LogP contribution in [0.15, 0.2) is 83.8 Å². The standard InChI is InChI=1S/C28H33N3O3S3/c1-34-28(33)26(15-16-36-2)30-27(32)24-14-13-22(17-25(24)20-9-5-3-6-10-20)31(18-21(29)19-35)37-23-11-7-4-8-12-23/h3-14,17,21,26,35H,15-16,18-19,29H2,1-2H3,(H,30,32)/t21?,26-/m0/s1. The van der Waals surface area contributed by atoms with E-state index in [2.05, 4.69) is 22.3 Å². The molecule has 0 aliphatic rings. The highest BCUT2D eigenvalue weighted by molar-refractivity contribution is 8.00. The van der Waals surface area contributed by atoms with E-state index >= 15 is 0 Å². The molecule has 6 nitrogen and oxygen atoms in total. The number of anilines is 1. The molecule has 9 heteroatoms. The van der Waals surface area contributed by atoms with E-state index in [-0.39, 0.29) is 11.9 Å². The van der Waals surface area contributed by atoms with Gasteiger partial charge >= 0.3 is 5.97 Å². The Balaban J connectivity index is 2.00. The molecule has 37 heavy (non-hydrogen) atoms. The summed E-state index contributed by atoms with van der Waals surface area (Å²) in [5.74, 6) is 0.493. The van der Waals surface area contributed by atoms with Crippen LogP contribution < -0.4 is 15.4 Å². The van der Waals surface area contributed by atoms with Crippen molar-refractivity contribution < 1.29 is 14.3 Å². The van der Waals surface area contributed by atoms with Gasteiger partial charge in [-0.25, -0.2) is 4.79 Å². The molecule has 0 aliphatic heterocycles. The molecule has 0 saturated heterocycles. The van der Waals surface area contributed by atoms with Crippen LogP contribution >= 0.6 is 36.3 Å². The maximum atomic E-state index is 13.5. The highest BCUT2D eigenvalue weighted by Gasteiger charge is 2.24. The summed E-state index contributed by atoms with van der Waals surface area (Å²) in [6, 6.07) is 24.7. The van der Waals surface area contributed by atoms with Crippen molar-refractivity contribution in [2.75, 3.05) is 35.7 Å². The molecule has 0 aliphatic carbocycles. The highest BCUT2D eigenvalue weighted by Crippen LogP contribution is 2.34. The summed E-state index contributed by atoms with van der Waals surface area (Å²) in [4.78, 5) is 26.8. The van der Waals surface area contributed by atoms with Crippen molar-refractivity contribution in [3.05, 3.63) is 84.4 Å². The van der Waals surface area contributed by atoms with Gasteiger partial charge in [-0.05, 0) is 71.8 Å². The topological polar surface area (TPSA) is 84.7 Å². The summed E-state index contributed by atoms with van der Waals surface area (Å²) in [5, 5.41) is 2.88. The Kier molecular flexibility index (Phi) is 11.7. The van der Waals surface area contributed by atoms with E-state index in [1.807, 2.05) is 79.1 Å². The third-order valence-electron chi connectivity index (χ3n) is 5.62. The zero-order valence-electron chi connectivity index (χ0n) is 21.0. The fraction of sp³-hybridized carbons (Fsp3) is 0.286. The number of nitrogens with zero attached hydrogens (tertiary/aromatic N) is 1. The van der Waals surface area contributed by atoms with Crippen LogP contribution in [0.3, 0.4) is 0 Å². The quantitative estimate of drug-likeness (QED) is 0.153. The lowest BCUT2D eigenvalue weighted by molar-refractivity contribution is -0.142. The van der Waals surface area contributed by atoms with E-state index in [0.29, 0.717) is 24.3 Å². The number of thiol groups is 1. The summed E-state index contributed by atoms with van der Waals surface area (Å²) >= 11 is 7.57. The number of hydrogen-bond donors (Lipinski definition) is 3. The molecule has 2 atom stereocenters. The molecule has 3 aromatic rings. The Bertz CT molecular complexity index is 1150. The molecule has 3 aromatic carbocycles. The minimum atomic E-state index is -0.716. The number of nitrogens with two attached hydrogens (primary N) is 1. The van der Waals surface area contributed by atoms with Gasteiger partial charge in [0.05, 0.1) is 7.11 Å². The summed E-state index contributed by atoms with van der Waals surface area (Å²) in [5.41, 5.74) is 9.35. The average molecular weight is 556 g/mol. The summed E-state index contributed by atoms with van der Waals surface area (Å²) in [7, 11) is 1.33. The zero-order chi connectivity index (χ0) is 26.6. The SMILES string of the molecule is COC(=O)[C@H](CCSC)NC(=O)c1ccc(N(CC(N)CS)Sc2ccccc2)cc1-c1ccccc1. The Morgan fingerprint density at radius 3 is 2.35 bits per heavy atom. The van der Waals surface area contributed by atoms with Crippen molar-refractivity contribution in [3.63, 3.8) is 0 Å². The second-order valence-electron chi connectivity index (χ2n) is 8.33. The lowest BCUT2D eigenvalue weighted by atomic mass is 9.98. The van der Waals surface area contributed by atoms with E-state index in [1.54, 1.807) is 29.8 Å². The number of rotatable bonds is 13. The van der Waals surface area contributed by atoms with Crippen LogP contribution in [0.1, 0.15) is 16.8 Å². The molecule has 196 valence electrons. The van der Waals surface area contributed by atoms with Crippen LogP contribution in [0.2, 0.25) is 0 Å². The zero-order valence-corrected chi connectivity index (χ0v) is 23.5. The maximum Gasteiger partial charge on any atom is 0.328 e. The van der Waals surface area contributed by atoms with E-state index in [4.69, 9.17) is 10.5 Å². The summed E-state index contributed by atoms with van der Waals surface area (Å²) in [6.45, 7) is 0.571. The Morgan fingerprint density at radius 1 is 1.05 bits per heavy atom. The normalized spacial score (nSPS) is 12.4. The first-order chi connectivity index (χ1) is 18.0. The van der Waals surface area contributed by atoms with Crippen molar-refractivity contribution in [3.8, 4) is 11.1 Å². The molecule has 0 spiro atoms. The van der Waals surface area contributed by atoms with Crippen LogP contribution in [0, 0.1) is 0 Å². The largest absolute Gasteiger partial charge is 0.467 e. The van der Waals surface area contributed by atoms with Crippen molar-refractivity contribution in [2.24, 2.45) is 5.73 Å². The Labute approximate surface area is 233 Å². The van der Waals surface area contributed by atoms with Crippen molar-refractivity contribution >= 4 is 53.9 Å². The fourth-order valence-electron chi connectivity index (χ4n) is 3.68. The number of benzene rings is 3. The minimum Gasteiger partial charge on any atom is -0.467 e. The predicted octanol–water partition coefficient (Wildman–Crippen LogP) is 5.15. The third kappa shape index (κ3) is 8.46. The molecular formula is C28H33N3O3S3. The van der Waals surface area contributed by atoms with Gasteiger partial charge in [0.15, 0.2) is 0 Å². The van der Waals surface area contributed by atoms with Crippen LogP contribution in [-0.4, -0.2) is 55.4 Å². The Hall–Kier alpha value is -2.59. The number of ether oxygens (including phenoxy) is 1. The number of nitrogens with one attached hydrogen (secondary N) is 1. The van der Waals surface area contributed by atoms with E-state index in [1.165, 1.54) is 7.11 Å². The maximum absolute atomic E-state index is 13.5. The van der Waals surface area contributed by atoms with Crippen molar-refractivity contribution in [2.45, 2.75) is 23.4 Å². The number of amides is 1. The van der Waals surface area contributed by atoms with Crippen molar-refractivity contribution in [1.82, 2.24) is 5.32 Å². The third-order valence-corrected chi connectivity index (χ3v) is 7.79. The van der Waals surface area contributed by atoms with E-state index < -0.39 is 12.0 Å². The molecule has 1 amide bonds. The molecule has 0 fully saturated rings. The number of carbonyl (C=O) groups excluding carboxylic acids is 2. The first-order valence-corrected chi connectivity index (χ1v) is 14.7. The van der Waals surface area contributed by atoms with Crippen LogP contribution in [0.5, 0.6) is 0 Å². The lowest BCUT2D eigenvalue weighted by Gasteiger charge is -2.27. The lowest BCUT2D eigenvalue weighted by Crippen LogP contribution is -2.42. The van der Waals surface area contributed by atoms with Crippen LogP contribution in [-0.2, 0) is 9.53 Å². The number of methoxy groups -OCH3 is 1. The number of carbonyl (C=O) groups is 2. The molecule has 0 aromatic heterocycles. The van der Waals surface area contributed by atoms with Gasteiger partial charge < -0.3 is 20.1 Å². The molecular weight excluding hydrogens is 523 g/mol.